The molecule has 0 aliphatic carbocycles. The summed E-state index contributed by atoms with van der Waals surface area (Å²) in [5.41, 5.74) is 5.21. The minimum absolute atomic E-state index is 0.101. The zero-order valence-corrected chi connectivity index (χ0v) is 16.4. The van der Waals surface area contributed by atoms with Crippen LogP contribution in [0.5, 0.6) is 0 Å². The molecule has 144 valence electrons. The third-order valence-corrected chi connectivity index (χ3v) is 5.68. The monoisotopic (exact) mass is 382 g/mol. The highest BCUT2D eigenvalue weighted by Gasteiger charge is 2.25. The van der Waals surface area contributed by atoms with Crippen LogP contribution in [0.25, 0.3) is 21.8 Å². The predicted octanol–water partition coefficient (Wildman–Crippen LogP) is 4.41. The van der Waals surface area contributed by atoms with E-state index in [1.807, 2.05) is 54.6 Å². The molecular weight excluding hydrogens is 360 g/mol. The summed E-state index contributed by atoms with van der Waals surface area (Å²) < 4.78 is 0. The summed E-state index contributed by atoms with van der Waals surface area (Å²) in [4.78, 5) is 25.2. The summed E-state index contributed by atoms with van der Waals surface area (Å²) in [5.74, 6) is -0.101. The van der Waals surface area contributed by atoms with Gasteiger partial charge in [-0.3, -0.25) is 19.7 Å². The topological polar surface area (TPSA) is 58.1 Å². The van der Waals surface area contributed by atoms with E-state index in [1.54, 1.807) is 6.20 Å². The first kappa shape index (κ1) is 17.8. The first-order valence-electron chi connectivity index (χ1n) is 10.0. The van der Waals surface area contributed by atoms with E-state index >= 15 is 0 Å². The highest BCUT2D eigenvalue weighted by molar-refractivity contribution is 6.15. The zero-order valence-electron chi connectivity index (χ0n) is 16.4. The van der Waals surface area contributed by atoms with Crippen LogP contribution in [-0.2, 0) is 13.0 Å². The molecule has 4 aromatic rings. The zero-order chi connectivity index (χ0) is 19.8. The van der Waals surface area contributed by atoms with Gasteiger partial charge in [-0.15, -0.1) is 0 Å². The van der Waals surface area contributed by atoms with Crippen molar-refractivity contribution in [3.63, 3.8) is 0 Å². The fourth-order valence-corrected chi connectivity index (χ4v) is 4.17. The highest BCUT2D eigenvalue weighted by atomic mass is 16.1. The number of fused-ring (bicyclic) bond motifs is 3. The van der Waals surface area contributed by atoms with Crippen LogP contribution in [0.15, 0.2) is 60.8 Å². The van der Waals surface area contributed by atoms with Gasteiger partial charge >= 0.3 is 0 Å². The minimum atomic E-state index is -0.101. The SMILES string of the molecule is CCN1CCc2nc3ccccc3c(C(=O)Nc3cccc4cccnc34)c2C1. The fourth-order valence-electron chi connectivity index (χ4n) is 4.17. The molecule has 1 aliphatic heterocycles. The predicted molar refractivity (Wildman–Crippen MR) is 116 cm³/mol. The molecule has 2 aromatic carbocycles. The van der Waals surface area contributed by atoms with Crippen molar-refractivity contribution in [1.82, 2.24) is 14.9 Å². The van der Waals surface area contributed by atoms with E-state index in [0.29, 0.717) is 0 Å². The molecule has 0 radical (unpaired) electrons. The second kappa shape index (κ2) is 7.26. The van der Waals surface area contributed by atoms with Crippen LogP contribution in [-0.4, -0.2) is 33.9 Å². The molecule has 0 unspecified atom stereocenters. The Labute approximate surface area is 169 Å². The first-order chi connectivity index (χ1) is 14.2. The van der Waals surface area contributed by atoms with Gasteiger partial charge in [-0.25, -0.2) is 0 Å². The Bertz CT molecular complexity index is 1230. The number of likely N-dealkylation sites (N-methyl/N-ethyl adjacent to an activating group) is 1. The molecule has 0 saturated carbocycles. The van der Waals surface area contributed by atoms with Crippen molar-refractivity contribution in [2.75, 3.05) is 18.4 Å². The molecule has 1 aliphatic rings. The molecule has 0 atom stereocenters. The molecule has 1 amide bonds. The van der Waals surface area contributed by atoms with E-state index in [9.17, 15) is 4.79 Å². The number of nitrogens with one attached hydrogen (secondary N) is 1. The minimum Gasteiger partial charge on any atom is -0.320 e. The van der Waals surface area contributed by atoms with Crippen molar-refractivity contribution in [3.05, 3.63) is 77.6 Å². The summed E-state index contributed by atoms with van der Waals surface area (Å²) in [5, 5.41) is 5.03. The number of amides is 1. The number of carbonyl (C=O) groups excluding carboxylic acids is 1. The maximum Gasteiger partial charge on any atom is 0.256 e. The molecule has 0 saturated heterocycles. The van der Waals surface area contributed by atoms with Gasteiger partial charge in [0.05, 0.1) is 22.3 Å². The molecule has 29 heavy (non-hydrogen) atoms. The van der Waals surface area contributed by atoms with Crippen molar-refractivity contribution in [2.24, 2.45) is 0 Å². The Hall–Kier alpha value is -3.31. The number of carbonyl (C=O) groups is 1. The van der Waals surface area contributed by atoms with Gasteiger partial charge in [-0.2, -0.15) is 0 Å². The Kier molecular flexibility index (Phi) is 4.45. The number of hydrogen-bond acceptors (Lipinski definition) is 4. The quantitative estimate of drug-likeness (QED) is 0.570. The third-order valence-electron chi connectivity index (χ3n) is 5.68. The molecule has 3 heterocycles. The van der Waals surface area contributed by atoms with Crippen LogP contribution in [0.3, 0.4) is 0 Å². The van der Waals surface area contributed by atoms with Crippen LogP contribution in [0.4, 0.5) is 5.69 Å². The lowest BCUT2D eigenvalue weighted by atomic mass is 9.95. The number of anilines is 1. The molecule has 5 heteroatoms. The summed E-state index contributed by atoms with van der Waals surface area (Å²) in [6.45, 7) is 4.84. The van der Waals surface area contributed by atoms with Crippen molar-refractivity contribution in [2.45, 2.75) is 19.9 Å². The third kappa shape index (κ3) is 3.13. The lowest BCUT2D eigenvalue weighted by Crippen LogP contribution is -2.33. The molecule has 0 bridgehead atoms. The van der Waals surface area contributed by atoms with Gasteiger partial charge in [0, 0.05) is 47.7 Å². The van der Waals surface area contributed by atoms with Crippen molar-refractivity contribution in [1.29, 1.82) is 0 Å². The normalized spacial score (nSPS) is 14.1. The molecule has 0 spiro atoms. The van der Waals surface area contributed by atoms with E-state index in [1.165, 1.54) is 0 Å². The van der Waals surface area contributed by atoms with E-state index in [2.05, 4.69) is 22.1 Å². The van der Waals surface area contributed by atoms with E-state index in [4.69, 9.17) is 4.98 Å². The summed E-state index contributed by atoms with van der Waals surface area (Å²) >= 11 is 0. The second-order valence-corrected chi connectivity index (χ2v) is 7.38. The molecular formula is C24H22N4O. The average molecular weight is 382 g/mol. The van der Waals surface area contributed by atoms with E-state index in [0.717, 1.165) is 70.4 Å². The van der Waals surface area contributed by atoms with Gasteiger partial charge in [0.15, 0.2) is 0 Å². The van der Waals surface area contributed by atoms with Crippen LogP contribution in [0.2, 0.25) is 0 Å². The largest absolute Gasteiger partial charge is 0.320 e. The van der Waals surface area contributed by atoms with Gasteiger partial charge in [0.2, 0.25) is 0 Å². The average Bonchev–Trinajstić information content (AvgIpc) is 2.77. The Morgan fingerprint density at radius 1 is 1.10 bits per heavy atom. The van der Waals surface area contributed by atoms with Crippen LogP contribution < -0.4 is 5.32 Å². The van der Waals surface area contributed by atoms with Gasteiger partial charge in [-0.1, -0.05) is 43.3 Å². The van der Waals surface area contributed by atoms with E-state index < -0.39 is 0 Å². The number of benzene rings is 2. The summed E-state index contributed by atoms with van der Waals surface area (Å²) in [6, 6.07) is 17.7. The molecule has 1 N–H and O–H groups in total. The number of nitrogens with zero attached hydrogens (tertiary/aromatic N) is 3. The molecule has 0 fully saturated rings. The lowest BCUT2D eigenvalue weighted by molar-refractivity contribution is 0.102. The number of para-hydroxylation sites is 2. The first-order valence-corrected chi connectivity index (χ1v) is 10.0. The van der Waals surface area contributed by atoms with Crippen molar-refractivity contribution in [3.8, 4) is 0 Å². The van der Waals surface area contributed by atoms with Crippen LogP contribution in [0, 0.1) is 0 Å². The van der Waals surface area contributed by atoms with Crippen LogP contribution in [0.1, 0.15) is 28.5 Å². The van der Waals surface area contributed by atoms with Gasteiger partial charge in [-0.05, 0) is 24.7 Å². The van der Waals surface area contributed by atoms with Crippen LogP contribution >= 0.6 is 0 Å². The fraction of sp³-hybridized carbons (Fsp3) is 0.208. The maximum atomic E-state index is 13.6. The number of hydrogen-bond donors (Lipinski definition) is 1. The Morgan fingerprint density at radius 2 is 1.97 bits per heavy atom. The smallest absolute Gasteiger partial charge is 0.256 e. The highest BCUT2D eigenvalue weighted by Crippen LogP contribution is 2.29. The Morgan fingerprint density at radius 3 is 2.86 bits per heavy atom. The van der Waals surface area contributed by atoms with Gasteiger partial charge < -0.3 is 5.32 Å². The number of aromatic nitrogens is 2. The molecule has 2 aromatic heterocycles. The lowest BCUT2D eigenvalue weighted by Gasteiger charge is -2.29. The standard InChI is InChI=1S/C24H22N4O/c1-2-28-14-12-20-18(15-28)22(17-9-3-4-10-19(17)26-20)24(29)27-21-11-5-7-16-8-6-13-25-23(16)21/h3-11,13H,2,12,14-15H2,1H3,(H,27,29). The second-order valence-electron chi connectivity index (χ2n) is 7.38. The van der Waals surface area contributed by atoms with Gasteiger partial charge in [0.25, 0.3) is 5.91 Å². The summed E-state index contributed by atoms with van der Waals surface area (Å²) in [6.07, 6.45) is 2.62. The van der Waals surface area contributed by atoms with Crippen molar-refractivity contribution >= 4 is 33.4 Å². The molecule has 5 rings (SSSR count). The van der Waals surface area contributed by atoms with Crippen molar-refractivity contribution < 1.29 is 4.79 Å². The molecule has 5 nitrogen and oxygen atoms in total. The van der Waals surface area contributed by atoms with Gasteiger partial charge in [0.1, 0.15) is 0 Å². The van der Waals surface area contributed by atoms with E-state index in [-0.39, 0.29) is 5.91 Å². The summed E-state index contributed by atoms with van der Waals surface area (Å²) in [7, 11) is 0. The number of rotatable bonds is 3. The maximum absolute atomic E-state index is 13.6. The Balaban J connectivity index is 1.64. The number of pyridine rings is 2.